The second kappa shape index (κ2) is 13.7. The van der Waals surface area contributed by atoms with Crippen LogP contribution < -0.4 is 24.8 Å². The van der Waals surface area contributed by atoms with Crippen LogP contribution in [0.25, 0.3) is 21.9 Å². The minimum absolute atomic E-state index is 0. The Kier molecular flexibility index (Phi) is 11.0. The number of hydrogen-bond acceptors (Lipinski definition) is 0. The van der Waals surface area contributed by atoms with E-state index in [9.17, 15) is 0 Å². The van der Waals surface area contributed by atoms with Crippen molar-refractivity contribution in [1.82, 2.24) is 0 Å². The molecule has 6 rings (SSSR count). The van der Waals surface area contributed by atoms with Gasteiger partial charge in [-0.15, -0.1) is 0 Å². The summed E-state index contributed by atoms with van der Waals surface area (Å²) in [5.74, 6) is 0.471. The van der Waals surface area contributed by atoms with E-state index in [0.29, 0.717) is 9.54 Å². The first-order valence-electron chi connectivity index (χ1n) is 17.0. The van der Waals surface area contributed by atoms with Crippen molar-refractivity contribution in [3.05, 3.63) is 127 Å². The molecule has 0 saturated heterocycles. The Hall–Kier alpha value is -2.05. The Morgan fingerprint density at radius 1 is 0.660 bits per heavy atom. The van der Waals surface area contributed by atoms with Crippen molar-refractivity contribution in [2.24, 2.45) is 11.3 Å². The van der Waals surface area contributed by atoms with Gasteiger partial charge in [0.05, 0.1) is 0 Å². The van der Waals surface area contributed by atoms with Crippen LogP contribution in [0.3, 0.4) is 0 Å². The van der Waals surface area contributed by atoms with Crippen LogP contribution in [0.1, 0.15) is 114 Å². The number of fused-ring (bicyclic) bond motifs is 4. The van der Waals surface area contributed by atoms with Gasteiger partial charge < -0.3 is 24.8 Å². The molecule has 0 radical (unpaired) electrons. The second-order valence-corrected chi connectivity index (χ2v) is 22.3. The van der Waals surface area contributed by atoms with Crippen molar-refractivity contribution < 1.29 is 46.1 Å². The Morgan fingerprint density at radius 2 is 1.19 bits per heavy atom. The molecular formula is C44H52Cl2Zr. The summed E-state index contributed by atoms with van der Waals surface area (Å²) >= 11 is -2.70. The Bertz CT molecular complexity index is 1830. The molecule has 3 heteroatoms. The number of benzene rings is 4. The van der Waals surface area contributed by atoms with Crippen LogP contribution >= 0.6 is 0 Å². The van der Waals surface area contributed by atoms with Crippen LogP contribution in [-0.2, 0) is 32.1 Å². The minimum atomic E-state index is -2.70. The second-order valence-electron chi connectivity index (χ2n) is 16.6. The molecule has 1 unspecified atom stereocenters. The zero-order valence-electron chi connectivity index (χ0n) is 30.3. The van der Waals surface area contributed by atoms with Gasteiger partial charge in [-0.25, -0.2) is 0 Å². The van der Waals surface area contributed by atoms with Gasteiger partial charge in [-0.3, -0.25) is 0 Å². The van der Waals surface area contributed by atoms with E-state index in [2.05, 4.69) is 165 Å². The van der Waals surface area contributed by atoms with Crippen LogP contribution in [0, 0.1) is 11.3 Å². The smallest absolute Gasteiger partial charge is 1.00 e. The summed E-state index contributed by atoms with van der Waals surface area (Å²) < 4.78 is 5.10. The van der Waals surface area contributed by atoms with Gasteiger partial charge in [0.25, 0.3) is 0 Å². The van der Waals surface area contributed by atoms with Crippen molar-refractivity contribution in [2.45, 2.75) is 97.0 Å². The zero-order valence-corrected chi connectivity index (χ0v) is 34.2. The van der Waals surface area contributed by atoms with Gasteiger partial charge in [-0.05, 0) is 0 Å². The van der Waals surface area contributed by atoms with Gasteiger partial charge in [-0.2, -0.15) is 0 Å². The summed E-state index contributed by atoms with van der Waals surface area (Å²) in [5, 5.41) is 2.72. The Balaban J connectivity index is 0.00000250. The molecule has 246 valence electrons. The van der Waals surface area contributed by atoms with Gasteiger partial charge in [-0.1, -0.05) is 0 Å². The molecule has 0 amide bonds. The van der Waals surface area contributed by atoms with Crippen molar-refractivity contribution >= 4 is 14.5 Å². The molecule has 2 aliphatic rings. The van der Waals surface area contributed by atoms with E-state index in [0.717, 1.165) is 6.42 Å². The molecule has 0 aromatic heterocycles. The third-order valence-electron chi connectivity index (χ3n) is 10.2. The number of allylic oxidation sites excluding steroid dienone is 4. The summed E-state index contributed by atoms with van der Waals surface area (Å²) in [6, 6.07) is 30.8. The molecule has 0 nitrogen and oxygen atoms in total. The fraction of sp³-hybridized carbons (Fsp3) is 0.386. The fourth-order valence-corrected chi connectivity index (χ4v) is 16.7. The van der Waals surface area contributed by atoms with E-state index in [4.69, 9.17) is 0 Å². The summed E-state index contributed by atoms with van der Waals surface area (Å²) in [4.78, 5) is 0. The van der Waals surface area contributed by atoms with E-state index in [1.807, 2.05) is 3.28 Å². The number of rotatable bonds is 4. The first kappa shape index (κ1) is 37.8. The summed E-state index contributed by atoms with van der Waals surface area (Å²) in [5.41, 5.74) is 14.0. The molecular weight excluding hydrogens is 691 g/mol. The van der Waals surface area contributed by atoms with Crippen LogP contribution in [-0.4, -0.2) is 3.71 Å². The van der Waals surface area contributed by atoms with E-state index in [1.165, 1.54) is 38.6 Å². The monoisotopic (exact) mass is 740 g/mol. The Labute approximate surface area is 305 Å². The molecule has 0 spiro atoms. The SMILES string of the molecule is CCC1=[C](/[Zr+2](=[CH]\c2cccc3ccccc23)[CH]2c3cc(C(C)(C)C)ccc3-c3ccc(C(C)(C)C)cc32)C(C)C=C1C(C)(C)C.[Cl-].[Cl-]. The summed E-state index contributed by atoms with van der Waals surface area (Å²) in [6.45, 7) is 26.3. The van der Waals surface area contributed by atoms with Crippen molar-refractivity contribution in [1.29, 1.82) is 0 Å². The standard InChI is InChI=1S/C21H25.C12H19.C11H8.2ClH.Zr/c1-20(2,3)16-7-9-18-14(12-16)11-15-13-17(21(4,5)6)8-10-19(15)18;1-6-10-7-9(2)8-11(10)12(3,4)5;1-9-5-4-7-10-6-2-3-8-11(9)10;;;/h7-13H,1-6H3;8-9H,6H2,1-5H3;1-8H;2*1H;/q;;;;;+2/p-2. The molecule has 4 aromatic carbocycles. The predicted octanol–water partition coefficient (Wildman–Crippen LogP) is 6.27. The maximum absolute atomic E-state index is 2.85. The third-order valence-corrected chi connectivity index (χ3v) is 18.2. The average Bonchev–Trinajstić information content (AvgIpc) is 3.49. The molecule has 0 N–H and O–H groups in total. The molecule has 2 aliphatic carbocycles. The summed E-state index contributed by atoms with van der Waals surface area (Å²) in [7, 11) is 0. The van der Waals surface area contributed by atoms with Crippen LogP contribution in [0.15, 0.2) is 99.4 Å². The summed E-state index contributed by atoms with van der Waals surface area (Å²) in [6.07, 6.45) is 3.74. The van der Waals surface area contributed by atoms with Crippen LogP contribution in [0.4, 0.5) is 0 Å². The average molecular weight is 743 g/mol. The van der Waals surface area contributed by atoms with Crippen LogP contribution in [0.2, 0.25) is 0 Å². The van der Waals surface area contributed by atoms with E-state index >= 15 is 0 Å². The van der Waals surface area contributed by atoms with Crippen LogP contribution in [0.5, 0.6) is 0 Å². The molecule has 0 bridgehead atoms. The van der Waals surface area contributed by atoms with Crippen molar-refractivity contribution in [3.63, 3.8) is 0 Å². The quantitative estimate of drug-likeness (QED) is 0.232. The molecule has 1 atom stereocenters. The first-order chi connectivity index (χ1) is 21.1. The number of halogens is 2. The van der Waals surface area contributed by atoms with Crippen molar-refractivity contribution in [3.8, 4) is 11.1 Å². The van der Waals surface area contributed by atoms with E-state index < -0.39 is 21.3 Å². The fourth-order valence-electron chi connectivity index (χ4n) is 7.76. The zero-order chi connectivity index (χ0) is 32.5. The van der Waals surface area contributed by atoms with Crippen molar-refractivity contribution in [2.75, 3.05) is 0 Å². The molecule has 4 aromatic rings. The topological polar surface area (TPSA) is 0 Å². The maximum Gasteiger partial charge on any atom is -1.00 e. The van der Waals surface area contributed by atoms with E-state index in [1.54, 1.807) is 22.3 Å². The predicted molar refractivity (Wildman–Crippen MR) is 194 cm³/mol. The minimum Gasteiger partial charge on any atom is -1.00 e. The first-order valence-corrected chi connectivity index (χ1v) is 21.1. The van der Waals surface area contributed by atoms with E-state index in [-0.39, 0.29) is 41.1 Å². The maximum atomic E-state index is 2.85. The number of hydrogen-bond donors (Lipinski definition) is 0. The third kappa shape index (κ3) is 7.02. The molecule has 0 fully saturated rings. The normalized spacial score (nSPS) is 16.5. The van der Waals surface area contributed by atoms with Gasteiger partial charge >= 0.3 is 282 Å². The molecule has 0 aliphatic heterocycles. The van der Waals surface area contributed by atoms with Gasteiger partial charge in [0.15, 0.2) is 0 Å². The largest absolute Gasteiger partial charge is 1.00 e. The van der Waals surface area contributed by atoms with Gasteiger partial charge in [0.1, 0.15) is 0 Å². The molecule has 47 heavy (non-hydrogen) atoms. The van der Waals surface area contributed by atoms with Gasteiger partial charge in [0, 0.05) is 0 Å². The Morgan fingerprint density at radius 3 is 1.70 bits per heavy atom. The van der Waals surface area contributed by atoms with Gasteiger partial charge in [0.2, 0.25) is 0 Å². The molecule has 0 heterocycles. The molecule has 0 saturated carbocycles.